The quantitative estimate of drug-likeness (QED) is 0.805. The van der Waals surface area contributed by atoms with Crippen LogP contribution in [-0.2, 0) is 0 Å². The van der Waals surface area contributed by atoms with Gasteiger partial charge < -0.3 is 4.90 Å². The fourth-order valence-corrected chi connectivity index (χ4v) is 1.82. The Bertz CT molecular complexity index is 468. The van der Waals surface area contributed by atoms with Gasteiger partial charge in [-0.2, -0.15) is 5.26 Å². The number of benzene rings is 1. The van der Waals surface area contributed by atoms with Gasteiger partial charge in [0.25, 0.3) is 5.91 Å². The molecule has 0 aliphatic carbocycles. The first-order valence-electron chi connectivity index (χ1n) is 5.11. The Hall–Kier alpha value is -1.41. The fraction of sp³-hybridized carbons (Fsp3) is 0.333. The Morgan fingerprint density at radius 1 is 1.59 bits per heavy atom. The van der Waals surface area contributed by atoms with Crippen LogP contribution in [0.5, 0.6) is 0 Å². The van der Waals surface area contributed by atoms with E-state index in [4.69, 9.17) is 5.26 Å². The zero-order valence-electron chi connectivity index (χ0n) is 9.58. The normalized spacial score (nSPS) is 10.1. The van der Waals surface area contributed by atoms with E-state index in [9.17, 15) is 9.18 Å². The van der Waals surface area contributed by atoms with Crippen LogP contribution in [0.4, 0.5) is 4.39 Å². The predicted molar refractivity (Wildman–Crippen MR) is 65.9 cm³/mol. The molecule has 0 fully saturated rings. The monoisotopic (exact) mass is 298 g/mol. The Kier molecular flexibility index (Phi) is 4.64. The Labute approximate surface area is 108 Å². The summed E-state index contributed by atoms with van der Waals surface area (Å²) < 4.78 is 13.4. The lowest BCUT2D eigenvalue weighted by Crippen LogP contribution is -2.37. The zero-order chi connectivity index (χ0) is 13.0. The van der Waals surface area contributed by atoms with E-state index in [-0.39, 0.29) is 28.5 Å². The molecule has 5 heteroatoms. The first kappa shape index (κ1) is 13.7. The lowest BCUT2D eigenvalue weighted by Gasteiger charge is -2.24. The van der Waals surface area contributed by atoms with Crippen LogP contribution in [0.3, 0.4) is 0 Å². The van der Waals surface area contributed by atoms with Crippen LogP contribution in [-0.4, -0.2) is 23.4 Å². The Balaban J connectivity index is 3.11. The van der Waals surface area contributed by atoms with Crippen molar-refractivity contribution in [3.05, 3.63) is 34.1 Å². The highest BCUT2D eigenvalue weighted by Gasteiger charge is 2.21. The second-order valence-electron chi connectivity index (χ2n) is 3.79. The molecule has 0 bridgehead atoms. The molecule has 0 saturated heterocycles. The minimum absolute atomic E-state index is 0.0144. The second kappa shape index (κ2) is 5.78. The van der Waals surface area contributed by atoms with Crippen molar-refractivity contribution < 1.29 is 9.18 Å². The van der Waals surface area contributed by atoms with Crippen LogP contribution in [0, 0.1) is 17.1 Å². The molecule has 0 aliphatic heterocycles. The summed E-state index contributed by atoms with van der Waals surface area (Å²) in [7, 11) is 0. The van der Waals surface area contributed by atoms with Crippen LogP contribution in [0.15, 0.2) is 22.7 Å². The highest BCUT2D eigenvalue weighted by molar-refractivity contribution is 9.10. The van der Waals surface area contributed by atoms with E-state index in [1.165, 1.54) is 23.1 Å². The van der Waals surface area contributed by atoms with Crippen LogP contribution >= 0.6 is 15.9 Å². The van der Waals surface area contributed by atoms with Gasteiger partial charge in [-0.3, -0.25) is 4.79 Å². The first-order valence-corrected chi connectivity index (χ1v) is 5.90. The van der Waals surface area contributed by atoms with Crippen LogP contribution in [0.25, 0.3) is 0 Å². The molecule has 0 N–H and O–H groups in total. The maximum Gasteiger partial charge on any atom is 0.256 e. The number of carbonyl (C=O) groups is 1. The van der Waals surface area contributed by atoms with Crippen molar-refractivity contribution in [1.82, 2.24) is 4.90 Å². The molecule has 0 unspecified atom stereocenters. The van der Waals surface area contributed by atoms with Gasteiger partial charge in [-0.15, -0.1) is 0 Å². The van der Waals surface area contributed by atoms with E-state index >= 15 is 0 Å². The van der Waals surface area contributed by atoms with Gasteiger partial charge in [-0.1, -0.05) is 6.07 Å². The number of nitrogens with zero attached hydrogens (tertiary/aromatic N) is 2. The lowest BCUT2D eigenvalue weighted by atomic mass is 10.1. The second-order valence-corrected chi connectivity index (χ2v) is 4.58. The van der Waals surface area contributed by atoms with E-state index in [2.05, 4.69) is 15.9 Å². The molecule has 1 aromatic carbocycles. The van der Waals surface area contributed by atoms with Gasteiger partial charge in [0.2, 0.25) is 0 Å². The van der Waals surface area contributed by atoms with E-state index in [1.807, 2.05) is 19.9 Å². The number of nitriles is 1. The average Bonchev–Trinajstić information content (AvgIpc) is 2.28. The van der Waals surface area contributed by atoms with Gasteiger partial charge in [0.05, 0.1) is 16.1 Å². The van der Waals surface area contributed by atoms with E-state index in [1.54, 1.807) is 0 Å². The predicted octanol–water partition coefficient (Wildman–Crippen LogP) is 2.96. The molecule has 0 radical (unpaired) electrons. The summed E-state index contributed by atoms with van der Waals surface area (Å²) in [6.45, 7) is 3.60. The summed E-state index contributed by atoms with van der Waals surface area (Å²) in [5, 5.41) is 8.68. The summed E-state index contributed by atoms with van der Waals surface area (Å²) in [6.07, 6.45) is 0. The topological polar surface area (TPSA) is 44.1 Å². The first-order chi connectivity index (χ1) is 7.99. The van der Waals surface area contributed by atoms with E-state index < -0.39 is 5.82 Å². The van der Waals surface area contributed by atoms with E-state index in [0.717, 1.165) is 0 Å². The van der Waals surface area contributed by atoms with Gasteiger partial charge in [-0.05, 0) is 41.9 Å². The molecule has 0 aliphatic rings. The zero-order valence-corrected chi connectivity index (χ0v) is 11.2. The smallest absolute Gasteiger partial charge is 0.256 e. The van der Waals surface area contributed by atoms with Crippen molar-refractivity contribution >= 4 is 21.8 Å². The summed E-state index contributed by atoms with van der Waals surface area (Å²) in [4.78, 5) is 13.5. The fourth-order valence-electron chi connectivity index (χ4n) is 1.39. The molecule has 90 valence electrons. The van der Waals surface area contributed by atoms with Gasteiger partial charge in [-0.25, -0.2) is 4.39 Å². The third-order valence-electron chi connectivity index (χ3n) is 2.31. The molecule has 3 nitrogen and oxygen atoms in total. The van der Waals surface area contributed by atoms with Crippen molar-refractivity contribution in [2.24, 2.45) is 0 Å². The highest BCUT2D eigenvalue weighted by Crippen LogP contribution is 2.22. The molecule has 17 heavy (non-hydrogen) atoms. The van der Waals surface area contributed by atoms with Gasteiger partial charge in [0, 0.05) is 6.04 Å². The maximum atomic E-state index is 13.3. The summed E-state index contributed by atoms with van der Waals surface area (Å²) in [5.74, 6) is -0.843. The molecule has 1 amide bonds. The van der Waals surface area contributed by atoms with Gasteiger partial charge in [0.15, 0.2) is 0 Å². The lowest BCUT2D eigenvalue weighted by molar-refractivity contribution is 0.0730. The van der Waals surface area contributed by atoms with Crippen LogP contribution in [0.1, 0.15) is 24.2 Å². The maximum absolute atomic E-state index is 13.3. The van der Waals surface area contributed by atoms with Crippen molar-refractivity contribution in [2.45, 2.75) is 19.9 Å². The van der Waals surface area contributed by atoms with Crippen LogP contribution < -0.4 is 0 Å². The summed E-state index contributed by atoms with van der Waals surface area (Å²) >= 11 is 3.04. The third-order valence-corrected chi connectivity index (χ3v) is 3.11. The highest BCUT2D eigenvalue weighted by atomic mass is 79.9. The van der Waals surface area contributed by atoms with Gasteiger partial charge >= 0.3 is 0 Å². The molecule has 0 atom stereocenters. The third kappa shape index (κ3) is 3.04. The van der Waals surface area contributed by atoms with Crippen molar-refractivity contribution in [3.63, 3.8) is 0 Å². The minimum Gasteiger partial charge on any atom is -0.323 e. The number of carbonyl (C=O) groups excluding carboxylic acids is 1. The Morgan fingerprint density at radius 2 is 2.24 bits per heavy atom. The van der Waals surface area contributed by atoms with Crippen molar-refractivity contribution in [3.8, 4) is 6.07 Å². The molecule has 0 saturated carbocycles. The molecule has 0 aromatic heterocycles. The minimum atomic E-state index is -0.489. The van der Waals surface area contributed by atoms with Crippen LogP contribution in [0.2, 0.25) is 0 Å². The molecule has 0 heterocycles. The molecular weight excluding hydrogens is 287 g/mol. The number of halogens is 2. The molecule has 1 rings (SSSR count). The average molecular weight is 299 g/mol. The number of amides is 1. The number of hydrogen-bond acceptors (Lipinski definition) is 2. The largest absolute Gasteiger partial charge is 0.323 e. The van der Waals surface area contributed by atoms with Crippen molar-refractivity contribution in [1.29, 1.82) is 5.26 Å². The Morgan fingerprint density at radius 3 is 2.76 bits per heavy atom. The number of hydrogen-bond donors (Lipinski definition) is 0. The number of rotatable bonds is 3. The molecular formula is C12H12BrFN2O. The standard InChI is InChI=1S/C12H12BrFN2O/c1-8(2)16(7-6-15)12(17)9-4-3-5-10(14)11(9)13/h3-5,8H,7H2,1-2H3. The van der Waals surface area contributed by atoms with Crippen molar-refractivity contribution in [2.75, 3.05) is 6.54 Å². The van der Waals surface area contributed by atoms with E-state index in [0.29, 0.717) is 0 Å². The van der Waals surface area contributed by atoms with Gasteiger partial charge in [0.1, 0.15) is 12.4 Å². The summed E-state index contributed by atoms with van der Waals surface area (Å²) in [6, 6.07) is 6.09. The summed E-state index contributed by atoms with van der Waals surface area (Å²) in [5.41, 5.74) is 0.231. The molecule has 1 aromatic rings. The molecule has 0 spiro atoms. The SMILES string of the molecule is CC(C)N(CC#N)C(=O)c1cccc(F)c1Br.